The predicted molar refractivity (Wildman–Crippen MR) is 109 cm³/mol. The van der Waals surface area contributed by atoms with E-state index in [0.29, 0.717) is 18.5 Å². The molecule has 2 aromatic carbocycles. The number of rotatable bonds is 6. The number of carbonyl (C=O) groups excluding carboxylic acids is 2. The first-order chi connectivity index (χ1) is 13.4. The van der Waals surface area contributed by atoms with Crippen LogP contribution in [0.15, 0.2) is 41.3 Å². The lowest BCUT2D eigenvalue weighted by Gasteiger charge is -2.34. The Morgan fingerprint density at radius 2 is 1.68 bits per heavy atom. The van der Waals surface area contributed by atoms with Gasteiger partial charge in [0.15, 0.2) is 0 Å². The highest BCUT2D eigenvalue weighted by Gasteiger charge is 2.31. The number of carbonyl (C=O) groups is 2. The van der Waals surface area contributed by atoms with Crippen LogP contribution in [0.25, 0.3) is 10.8 Å². The molecule has 1 fully saturated rings. The van der Waals surface area contributed by atoms with E-state index in [1.165, 1.54) is 4.31 Å². The number of benzene rings is 2. The molecule has 1 aliphatic rings. The second-order valence-corrected chi connectivity index (χ2v) is 8.92. The van der Waals surface area contributed by atoms with E-state index in [4.69, 9.17) is 0 Å². The lowest BCUT2D eigenvalue weighted by molar-refractivity contribution is -0.133. The molecular weight excluding hydrogens is 378 g/mol. The number of hydrogen-bond donors (Lipinski definition) is 0. The van der Waals surface area contributed by atoms with Crippen LogP contribution in [0.1, 0.15) is 12.8 Å². The Bertz CT molecular complexity index is 980. The highest BCUT2D eigenvalue weighted by atomic mass is 32.2. The van der Waals surface area contributed by atoms with Gasteiger partial charge in [-0.2, -0.15) is 4.31 Å². The molecule has 0 atom stereocenters. The molecule has 0 radical (unpaired) electrons. The van der Waals surface area contributed by atoms with Gasteiger partial charge in [0.1, 0.15) is 6.29 Å². The van der Waals surface area contributed by atoms with E-state index in [1.54, 1.807) is 17.0 Å². The van der Waals surface area contributed by atoms with Crippen molar-refractivity contribution in [2.75, 3.05) is 45.2 Å². The molecule has 0 bridgehead atoms. The van der Waals surface area contributed by atoms with Crippen LogP contribution in [0.2, 0.25) is 0 Å². The molecule has 0 spiro atoms. The first-order valence-electron chi connectivity index (χ1n) is 9.27. The Morgan fingerprint density at radius 3 is 2.32 bits per heavy atom. The summed E-state index contributed by atoms with van der Waals surface area (Å²) < 4.78 is 28.0. The zero-order chi connectivity index (χ0) is 20.3. The molecule has 0 aliphatic carbocycles. The summed E-state index contributed by atoms with van der Waals surface area (Å²) in [5.74, 6) is -0.107. The van der Waals surface area contributed by atoms with Gasteiger partial charge in [0.25, 0.3) is 0 Å². The van der Waals surface area contributed by atoms with Crippen LogP contribution in [-0.2, 0) is 19.6 Å². The van der Waals surface area contributed by atoms with Crippen LogP contribution in [0.4, 0.5) is 5.69 Å². The molecule has 1 amide bonds. The molecule has 0 N–H and O–H groups in total. The number of amides is 1. The minimum Gasteiger partial charge on any atom is -0.377 e. The van der Waals surface area contributed by atoms with Crippen molar-refractivity contribution in [1.29, 1.82) is 0 Å². The maximum absolute atomic E-state index is 13.3. The number of nitrogens with zero attached hydrogens (tertiary/aromatic N) is 3. The molecule has 1 heterocycles. The van der Waals surface area contributed by atoms with Gasteiger partial charge in [-0.3, -0.25) is 4.79 Å². The Labute approximate surface area is 165 Å². The van der Waals surface area contributed by atoms with Crippen molar-refractivity contribution < 1.29 is 18.0 Å². The molecule has 150 valence electrons. The molecule has 2 aromatic rings. The van der Waals surface area contributed by atoms with Crippen LogP contribution in [0.5, 0.6) is 0 Å². The number of sulfonamides is 1. The van der Waals surface area contributed by atoms with E-state index in [2.05, 4.69) is 0 Å². The first-order valence-corrected chi connectivity index (χ1v) is 10.7. The Hall–Kier alpha value is -2.45. The molecule has 7 nitrogen and oxygen atoms in total. The van der Waals surface area contributed by atoms with Crippen LogP contribution in [0.3, 0.4) is 0 Å². The topological polar surface area (TPSA) is 78.0 Å². The molecule has 0 unspecified atom stereocenters. The van der Waals surface area contributed by atoms with Crippen molar-refractivity contribution >= 4 is 38.7 Å². The highest BCUT2D eigenvalue weighted by Crippen LogP contribution is 2.31. The third kappa shape index (κ3) is 3.88. The van der Waals surface area contributed by atoms with Crippen LogP contribution in [-0.4, -0.2) is 70.1 Å². The Balaban J connectivity index is 1.86. The van der Waals surface area contributed by atoms with E-state index < -0.39 is 10.0 Å². The Morgan fingerprint density at radius 1 is 1.04 bits per heavy atom. The van der Waals surface area contributed by atoms with Crippen molar-refractivity contribution in [2.45, 2.75) is 17.7 Å². The maximum atomic E-state index is 13.3. The van der Waals surface area contributed by atoms with E-state index in [-0.39, 0.29) is 36.7 Å². The summed E-state index contributed by atoms with van der Waals surface area (Å²) in [6.45, 7) is 1.17. The zero-order valence-electron chi connectivity index (χ0n) is 16.2. The van der Waals surface area contributed by atoms with Gasteiger partial charge in [0, 0.05) is 69.6 Å². The minimum absolute atomic E-state index is 0.107. The van der Waals surface area contributed by atoms with Crippen LogP contribution >= 0.6 is 0 Å². The molecule has 3 rings (SSSR count). The molecule has 0 saturated carbocycles. The van der Waals surface area contributed by atoms with Gasteiger partial charge >= 0.3 is 0 Å². The van der Waals surface area contributed by atoms with Crippen molar-refractivity contribution in [3.8, 4) is 0 Å². The van der Waals surface area contributed by atoms with Crippen LogP contribution < -0.4 is 4.90 Å². The predicted octanol–water partition coefficient (Wildman–Crippen LogP) is 1.72. The monoisotopic (exact) mass is 403 g/mol. The first kappa shape index (κ1) is 20.3. The molecule has 1 aliphatic heterocycles. The normalized spacial score (nSPS) is 15.6. The zero-order valence-corrected chi connectivity index (χ0v) is 17.0. The molecule has 8 heteroatoms. The fourth-order valence-electron chi connectivity index (χ4n) is 3.54. The number of hydrogen-bond acceptors (Lipinski definition) is 5. The Kier molecular flexibility index (Phi) is 6.00. The standard InChI is InChI=1S/C20H25N3O4S/c1-21(2)18-8-3-7-17-16(18)6-4-9-19(17)28(26,27)23-13-11-22(12-14-23)20(25)10-5-15-24/h3-4,6-9,15H,5,10-14H2,1-2H3. The van der Waals surface area contributed by atoms with Gasteiger partial charge in [-0.25, -0.2) is 8.42 Å². The fraction of sp³-hybridized carbons (Fsp3) is 0.400. The number of aldehydes is 1. The summed E-state index contributed by atoms with van der Waals surface area (Å²) in [5, 5.41) is 1.58. The average molecular weight is 404 g/mol. The van der Waals surface area contributed by atoms with Gasteiger partial charge in [-0.15, -0.1) is 0 Å². The largest absolute Gasteiger partial charge is 0.377 e. The summed E-state index contributed by atoms with van der Waals surface area (Å²) in [5.41, 5.74) is 0.958. The quantitative estimate of drug-likeness (QED) is 0.687. The summed E-state index contributed by atoms with van der Waals surface area (Å²) in [6.07, 6.45) is 1.09. The summed E-state index contributed by atoms with van der Waals surface area (Å²) in [6, 6.07) is 11.0. The van der Waals surface area contributed by atoms with E-state index >= 15 is 0 Å². The average Bonchev–Trinajstić information content (AvgIpc) is 2.71. The number of fused-ring (bicyclic) bond motifs is 1. The summed E-state index contributed by atoms with van der Waals surface area (Å²) in [7, 11) is 0.178. The van der Waals surface area contributed by atoms with Crippen molar-refractivity contribution in [2.24, 2.45) is 0 Å². The fourth-order valence-corrected chi connectivity index (χ4v) is 5.17. The molecular formula is C20H25N3O4S. The van der Waals surface area contributed by atoms with Gasteiger partial charge in [0.2, 0.25) is 15.9 Å². The smallest absolute Gasteiger partial charge is 0.243 e. The summed E-state index contributed by atoms with van der Waals surface area (Å²) >= 11 is 0. The van der Waals surface area contributed by atoms with E-state index in [9.17, 15) is 18.0 Å². The SMILES string of the molecule is CN(C)c1cccc2c(S(=O)(=O)N3CCN(C(=O)CCC=O)CC3)cccc12. The summed E-state index contributed by atoms with van der Waals surface area (Å²) in [4.78, 5) is 26.4. The maximum Gasteiger partial charge on any atom is 0.243 e. The third-order valence-electron chi connectivity index (χ3n) is 5.03. The third-order valence-corrected chi connectivity index (χ3v) is 6.98. The lowest BCUT2D eigenvalue weighted by atomic mass is 10.1. The van der Waals surface area contributed by atoms with Crippen molar-refractivity contribution in [1.82, 2.24) is 9.21 Å². The van der Waals surface area contributed by atoms with Gasteiger partial charge in [0.05, 0.1) is 4.90 Å². The highest BCUT2D eigenvalue weighted by molar-refractivity contribution is 7.89. The molecule has 28 heavy (non-hydrogen) atoms. The van der Waals surface area contributed by atoms with Gasteiger partial charge < -0.3 is 14.6 Å². The van der Waals surface area contributed by atoms with Crippen molar-refractivity contribution in [3.63, 3.8) is 0 Å². The number of anilines is 1. The minimum atomic E-state index is -3.68. The second kappa shape index (κ2) is 8.28. The molecule has 1 saturated heterocycles. The van der Waals surface area contributed by atoms with E-state index in [1.807, 2.05) is 43.3 Å². The number of piperazine rings is 1. The van der Waals surface area contributed by atoms with Gasteiger partial charge in [-0.1, -0.05) is 24.3 Å². The van der Waals surface area contributed by atoms with Gasteiger partial charge in [-0.05, 0) is 12.1 Å². The lowest BCUT2D eigenvalue weighted by Crippen LogP contribution is -2.50. The van der Waals surface area contributed by atoms with E-state index in [0.717, 1.165) is 17.4 Å². The van der Waals surface area contributed by atoms with Crippen molar-refractivity contribution in [3.05, 3.63) is 36.4 Å². The van der Waals surface area contributed by atoms with Crippen LogP contribution in [0, 0.1) is 0 Å². The second-order valence-electron chi connectivity index (χ2n) is 7.01. The molecule has 0 aromatic heterocycles.